The number of nitrogens with zero attached hydrogens (tertiary/aromatic N) is 3. The van der Waals surface area contributed by atoms with Gasteiger partial charge >= 0.3 is 0 Å². The summed E-state index contributed by atoms with van der Waals surface area (Å²) in [6.07, 6.45) is 1.40. The van der Waals surface area contributed by atoms with E-state index in [0.29, 0.717) is 11.4 Å². The fourth-order valence-electron chi connectivity index (χ4n) is 3.97. The molecule has 0 atom stereocenters. The summed E-state index contributed by atoms with van der Waals surface area (Å²) in [5.41, 5.74) is 0.00810. The van der Waals surface area contributed by atoms with Crippen molar-refractivity contribution in [1.82, 2.24) is 19.9 Å². The molecule has 9 nitrogen and oxygen atoms in total. The number of nitrogens with one attached hydrogen (secondary N) is 2. The van der Waals surface area contributed by atoms with Gasteiger partial charge < -0.3 is 10.6 Å². The number of carbonyl (C=O) groups excluding carboxylic acids is 1. The predicted molar refractivity (Wildman–Crippen MR) is 102 cm³/mol. The molecule has 0 bridgehead atoms. The first kappa shape index (κ1) is 16.9. The smallest absolute Gasteiger partial charge is 0.276 e. The molecule has 0 radical (unpaired) electrons. The first-order valence-electron chi connectivity index (χ1n) is 8.57. The van der Waals surface area contributed by atoms with Gasteiger partial charge in [0.15, 0.2) is 9.84 Å². The summed E-state index contributed by atoms with van der Waals surface area (Å²) in [6.45, 7) is 1.71. The average molecular weight is 397 g/mol. The lowest BCUT2D eigenvalue weighted by atomic mass is 10.1. The standard InChI is InChI=1S/C18H15N5O4S/c1-10-6-13(21-15-11-4-2-3-5-12(11)19-9-20-15)17(25)23-14(10)16(24)22-18(23)7-28(26,27)8-18/h2-6,9H,7-8H2,1H3,(H,22,24)(H,19,20,21). The maximum Gasteiger partial charge on any atom is 0.276 e. The minimum absolute atomic E-state index is 0.193. The molecule has 2 N–H and O–H groups in total. The second-order valence-corrected chi connectivity index (χ2v) is 9.18. The fraction of sp³-hybridized carbons (Fsp3) is 0.222. The number of aryl methyl sites for hydroxylation is 1. The lowest BCUT2D eigenvalue weighted by Crippen LogP contribution is -2.64. The molecule has 2 aromatic heterocycles. The Morgan fingerprint density at radius 2 is 1.93 bits per heavy atom. The zero-order valence-corrected chi connectivity index (χ0v) is 15.6. The molecule has 5 rings (SSSR count). The number of hydrogen-bond acceptors (Lipinski definition) is 7. The van der Waals surface area contributed by atoms with Crippen LogP contribution in [0.25, 0.3) is 10.9 Å². The van der Waals surface area contributed by atoms with Crippen molar-refractivity contribution in [3.63, 3.8) is 0 Å². The lowest BCUT2D eigenvalue weighted by molar-refractivity contribution is 0.0931. The Morgan fingerprint density at radius 1 is 1.18 bits per heavy atom. The minimum atomic E-state index is -3.29. The number of benzene rings is 1. The molecule has 2 aliphatic heterocycles. The van der Waals surface area contributed by atoms with Crippen molar-refractivity contribution in [3.8, 4) is 0 Å². The van der Waals surface area contributed by atoms with Crippen LogP contribution >= 0.6 is 0 Å². The number of anilines is 2. The Balaban J connectivity index is 1.67. The van der Waals surface area contributed by atoms with Crippen LogP contribution in [0.15, 0.2) is 41.5 Å². The van der Waals surface area contributed by atoms with E-state index in [2.05, 4.69) is 20.6 Å². The van der Waals surface area contributed by atoms with E-state index in [1.807, 2.05) is 24.3 Å². The Hall–Kier alpha value is -3.27. The highest BCUT2D eigenvalue weighted by Gasteiger charge is 2.57. The van der Waals surface area contributed by atoms with Crippen molar-refractivity contribution in [1.29, 1.82) is 0 Å². The molecule has 4 heterocycles. The number of sulfone groups is 1. The van der Waals surface area contributed by atoms with Crippen LogP contribution in [-0.4, -0.2) is 40.4 Å². The first-order chi connectivity index (χ1) is 13.3. The zero-order chi connectivity index (χ0) is 19.7. The van der Waals surface area contributed by atoms with Gasteiger partial charge in [-0.15, -0.1) is 0 Å². The molecule has 3 aromatic rings. The molecule has 1 saturated heterocycles. The zero-order valence-electron chi connectivity index (χ0n) is 14.8. The van der Waals surface area contributed by atoms with Gasteiger partial charge in [0.2, 0.25) is 0 Å². The molecule has 1 fully saturated rings. The van der Waals surface area contributed by atoms with E-state index in [1.165, 1.54) is 10.9 Å². The van der Waals surface area contributed by atoms with Gasteiger partial charge in [0.1, 0.15) is 29.2 Å². The lowest BCUT2D eigenvalue weighted by Gasteiger charge is -2.38. The van der Waals surface area contributed by atoms with E-state index < -0.39 is 27.0 Å². The number of amides is 1. The van der Waals surface area contributed by atoms with Crippen LogP contribution < -0.4 is 16.2 Å². The molecule has 142 valence electrons. The minimum Gasteiger partial charge on any atom is -0.335 e. The second-order valence-electron chi connectivity index (χ2n) is 7.11. The molecular weight excluding hydrogens is 382 g/mol. The van der Waals surface area contributed by atoms with Crippen molar-refractivity contribution in [2.75, 3.05) is 16.8 Å². The number of pyridine rings is 1. The molecule has 28 heavy (non-hydrogen) atoms. The number of carbonyl (C=O) groups is 1. The number of rotatable bonds is 2. The van der Waals surface area contributed by atoms with Crippen molar-refractivity contribution < 1.29 is 13.2 Å². The van der Waals surface area contributed by atoms with E-state index in [0.717, 1.165) is 10.9 Å². The van der Waals surface area contributed by atoms with Crippen LogP contribution in [0.2, 0.25) is 0 Å². The van der Waals surface area contributed by atoms with E-state index in [-0.39, 0.29) is 22.9 Å². The summed E-state index contributed by atoms with van der Waals surface area (Å²) in [4.78, 5) is 34.0. The maximum absolute atomic E-state index is 13.2. The molecule has 1 spiro atoms. The summed E-state index contributed by atoms with van der Waals surface area (Å²) in [7, 11) is -3.29. The monoisotopic (exact) mass is 397 g/mol. The van der Waals surface area contributed by atoms with Gasteiger partial charge in [0.05, 0.1) is 17.0 Å². The van der Waals surface area contributed by atoms with Gasteiger partial charge in [-0.25, -0.2) is 18.4 Å². The highest BCUT2D eigenvalue weighted by Crippen LogP contribution is 2.35. The molecule has 0 saturated carbocycles. The maximum atomic E-state index is 13.2. The molecule has 0 aliphatic carbocycles. The quantitative estimate of drug-likeness (QED) is 0.651. The van der Waals surface area contributed by atoms with E-state index in [9.17, 15) is 18.0 Å². The third-order valence-electron chi connectivity index (χ3n) is 5.09. The van der Waals surface area contributed by atoms with E-state index in [1.54, 1.807) is 13.0 Å². The molecule has 2 aliphatic rings. The van der Waals surface area contributed by atoms with Gasteiger partial charge in [0, 0.05) is 5.39 Å². The summed E-state index contributed by atoms with van der Waals surface area (Å²) in [6, 6.07) is 8.94. The van der Waals surface area contributed by atoms with E-state index >= 15 is 0 Å². The van der Waals surface area contributed by atoms with Gasteiger partial charge in [0.25, 0.3) is 11.5 Å². The Bertz CT molecular complexity index is 1330. The number of aromatic nitrogens is 3. The Kier molecular flexibility index (Phi) is 3.24. The third kappa shape index (κ3) is 2.27. The SMILES string of the molecule is Cc1cc(Nc2ncnc3ccccc23)c(=O)n2c1C(=O)NC21CS(=O)(=O)C1. The highest BCUT2D eigenvalue weighted by atomic mass is 32.2. The summed E-state index contributed by atoms with van der Waals surface area (Å²) in [5.74, 6) is -0.575. The molecular formula is C18H15N5O4S. The van der Waals surface area contributed by atoms with Crippen LogP contribution in [0, 0.1) is 6.92 Å². The van der Waals surface area contributed by atoms with E-state index in [4.69, 9.17) is 0 Å². The molecule has 1 amide bonds. The van der Waals surface area contributed by atoms with Gasteiger partial charge in [-0.05, 0) is 30.7 Å². The van der Waals surface area contributed by atoms with Crippen molar-refractivity contribution >= 4 is 38.2 Å². The van der Waals surface area contributed by atoms with Gasteiger partial charge in [-0.2, -0.15) is 0 Å². The van der Waals surface area contributed by atoms with Crippen LogP contribution in [-0.2, 0) is 15.5 Å². The Labute approximate surface area is 159 Å². The number of hydrogen-bond donors (Lipinski definition) is 2. The van der Waals surface area contributed by atoms with Gasteiger partial charge in [-0.1, -0.05) is 12.1 Å². The van der Waals surface area contributed by atoms with Crippen molar-refractivity contribution in [2.45, 2.75) is 12.6 Å². The number of fused-ring (bicyclic) bond motifs is 3. The average Bonchev–Trinajstić information content (AvgIpc) is 2.91. The fourth-order valence-corrected chi connectivity index (χ4v) is 5.74. The van der Waals surface area contributed by atoms with Crippen LogP contribution in [0.3, 0.4) is 0 Å². The highest BCUT2D eigenvalue weighted by molar-refractivity contribution is 7.92. The normalized spacial score (nSPS) is 18.5. The van der Waals surface area contributed by atoms with Crippen molar-refractivity contribution in [2.24, 2.45) is 0 Å². The first-order valence-corrected chi connectivity index (χ1v) is 10.4. The van der Waals surface area contributed by atoms with Crippen LogP contribution in [0.5, 0.6) is 0 Å². The molecule has 1 aromatic carbocycles. The molecule has 10 heteroatoms. The Morgan fingerprint density at radius 3 is 2.68 bits per heavy atom. The third-order valence-corrected chi connectivity index (χ3v) is 6.93. The van der Waals surface area contributed by atoms with Crippen molar-refractivity contribution in [3.05, 3.63) is 58.3 Å². The second kappa shape index (κ2) is 5.38. The van der Waals surface area contributed by atoms with Crippen LogP contribution in [0.4, 0.5) is 11.5 Å². The molecule has 0 unspecified atom stereocenters. The topological polar surface area (TPSA) is 123 Å². The summed E-state index contributed by atoms with van der Waals surface area (Å²) >= 11 is 0. The summed E-state index contributed by atoms with van der Waals surface area (Å²) in [5, 5.41) is 6.45. The summed E-state index contributed by atoms with van der Waals surface area (Å²) < 4.78 is 24.8. The number of para-hydroxylation sites is 1. The predicted octanol–water partition coefficient (Wildman–Crippen LogP) is 0.668. The largest absolute Gasteiger partial charge is 0.335 e. The van der Waals surface area contributed by atoms with Gasteiger partial charge in [-0.3, -0.25) is 14.2 Å². The van der Waals surface area contributed by atoms with Crippen LogP contribution in [0.1, 0.15) is 16.1 Å².